The fraction of sp³-hybridized carbons (Fsp3) is 0.214. The van der Waals surface area contributed by atoms with Crippen LogP contribution in [0.2, 0.25) is 0 Å². The Kier molecular flexibility index (Phi) is 4.31. The average molecular weight is 359 g/mol. The van der Waals surface area contributed by atoms with E-state index in [2.05, 4.69) is 20.6 Å². The van der Waals surface area contributed by atoms with Crippen molar-refractivity contribution in [3.63, 3.8) is 0 Å². The maximum atomic E-state index is 11.7. The van der Waals surface area contributed by atoms with Crippen LogP contribution in [0.5, 0.6) is 0 Å². The van der Waals surface area contributed by atoms with Crippen molar-refractivity contribution in [2.75, 3.05) is 5.43 Å². The Morgan fingerprint density at radius 2 is 2.23 bits per heavy atom. The molecule has 0 amide bonds. The van der Waals surface area contributed by atoms with Crippen molar-refractivity contribution >= 4 is 12.0 Å². The second-order valence-corrected chi connectivity index (χ2v) is 5.30. The smallest absolute Gasteiger partial charge is 0.364 e. The highest BCUT2D eigenvalue weighted by Gasteiger charge is 2.57. The monoisotopic (exact) mass is 359 g/mol. The summed E-state index contributed by atoms with van der Waals surface area (Å²) in [6.07, 6.45) is 5.02. The first-order chi connectivity index (χ1) is 12.4. The van der Waals surface area contributed by atoms with Crippen LogP contribution >= 0.6 is 0 Å². The summed E-state index contributed by atoms with van der Waals surface area (Å²) in [5.74, 6) is -0.190. The highest BCUT2D eigenvalue weighted by Crippen LogP contribution is 2.39. The first-order valence-electron chi connectivity index (χ1n) is 7.34. The first-order valence-corrected chi connectivity index (χ1v) is 7.34. The molecule has 0 saturated heterocycles. The highest BCUT2D eigenvalue weighted by molar-refractivity contribution is 5.81. The van der Waals surface area contributed by atoms with E-state index in [0.717, 1.165) is 6.08 Å². The van der Waals surface area contributed by atoms with E-state index < -0.39 is 21.5 Å². The van der Waals surface area contributed by atoms with Gasteiger partial charge in [0.05, 0.1) is 23.8 Å². The minimum Gasteiger partial charge on any atom is -0.364 e. The van der Waals surface area contributed by atoms with Gasteiger partial charge in [-0.2, -0.15) is 10.2 Å². The molecule has 134 valence electrons. The number of nitrogens with zero attached hydrogens (tertiary/aromatic N) is 6. The molecule has 2 aromatic heterocycles. The van der Waals surface area contributed by atoms with Gasteiger partial charge in [-0.15, -0.1) is 0 Å². The lowest BCUT2D eigenvalue weighted by atomic mass is 10.0. The Morgan fingerprint density at radius 3 is 2.85 bits per heavy atom. The zero-order valence-corrected chi connectivity index (χ0v) is 13.5. The molecular weight excluding hydrogens is 346 g/mol. The van der Waals surface area contributed by atoms with Gasteiger partial charge in [0.25, 0.3) is 0 Å². The third-order valence-corrected chi connectivity index (χ3v) is 3.69. The fourth-order valence-electron chi connectivity index (χ4n) is 2.56. The predicted molar refractivity (Wildman–Crippen MR) is 88.1 cm³/mol. The summed E-state index contributed by atoms with van der Waals surface area (Å²) in [6, 6.07) is 5.19. The fourth-order valence-corrected chi connectivity index (χ4v) is 2.56. The number of hydrogen-bond acceptors (Lipinski definition) is 9. The van der Waals surface area contributed by atoms with Gasteiger partial charge in [-0.3, -0.25) is 30.3 Å². The van der Waals surface area contributed by atoms with E-state index in [0.29, 0.717) is 5.82 Å². The van der Waals surface area contributed by atoms with Gasteiger partial charge in [0.1, 0.15) is 10.7 Å². The van der Waals surface area contributed by atoms with Crippen molar-refractivity contribution in [1.82, 2.24) is 14.8 Å². The molecule has 1 aliphatic rings. The number of rotatable bonds is 6. The molecule has 0 saturated carbocycles. The zero-order chi connectivity index (χ0) is 18.7. The van der Waals surface area contributed by atoms with Gasteiger partial charge >= 0.3 is 11.6 Å². The molecule has 1 aliphatic heterocycles. The molecule has 3 heterocycles. The molecule has 26 heavy (non-hydrogen) atoms. The third-order valence-electron chi connectivity index (χ3n) is 3.69. The molecule has 1 atom stereocenters. The zero-order valence-electron chi connectivity index (χ0n) is 13.5. The van der Waals surface area contributed by atoms with Gasteiger partial charge in [-0.1, -0.05) is 6.07 Å². The summed E-state index contributed by atoms with van der Waals surface area (Å²) < 4.78 is 6.35. The minimum absolute atomic E-state index is 0.0437. The quantitative estimate of drug-likeness (QED) is 0.459. The first kappa shape index (κ1) is 17.0. The van der Waals surface area contributed by atoms with Crippen molar-refractivity contribution < 1.29 is 14.6 Å². The molecule has 2 aromatic rings. The van der Waals surface area contributed by atoms with Crippen molar-refractivity contribution in [2.45, 2.75) is 12.1 Å². The summed E-state index contributed by atoms with van der Waals surface area (Å²) in [4.78, 5) is 25.1. The molecular formula is C14H13N7O5. The largest absolute Gasteiger partial charge is 0.430 e. The van der Waals surface area contributed by atoms with E-state index in [-0.39, 0.29) is 17.7 Å². The number of aryl methyl sites for hydroxylation is 1. The summed E-state index contributed by atoms with van der Waals surface area (Å²) in [5.41, 5.74) is 0.866. The molecule has 12 nitrogen and oxygen atoms in total. The van der Waals surface area contributed by atoms with Crippen LogP contribution in [-0.4, -0.2) is 30.8 Å². The maximum Gasteiger partial charge on any atom is 0.430 e. The number of nitro groups is 2. The van der Waals surface area contributed by atoms with Gasteiger partial charge in [0.2, 0.25) is 0 Å². The van der Waals surface area contributed by atoms with E-state index in [1.165, 1.54) is 24.1 Å². The molecule has 3 rings (SSSR count). The summed E-state index contributed by atoms with van der Waals surface area (Å²) >= 11 is 0. The van der Waals surface area contributed by atoms with Gasteiger partial charge in [-0.25, -0.2) is 4.98 Å². The Hall–Kier alpha value is -3.83. The van der Waals surface area contributed by atoms with Crippen molar-refractivity contribution in [3.8, 4) is 0 Å². The Labute approximate surface area is 146 Å². The van der Waals surface area contributed by atoms with Crippen LogP contribution < -0.4 is 5.43 Å². The van der Waals surface area contributed by atoms with Crippen molar-refractivity contribution in [3.05, 3.63) is 74.0 Å². The molecule has 0 radical (unpaired) electrons. The lowest BCUT2D eigenvalue weighted by Crippen LogP contribution is -2.38. The molecule has 0 aromatic carbocycles. The van der Waals surface area contributed by atoms with Gasteiger partial charge in [0.15, 0.2) is 5.69 Å². The normalized spacial score (nSPS) is 19.2. The summed E-state index contributed by atoms with van der Waals surface area (Å²) in [5, 5.41) is 30.6. The molecule has 1 N–H and O–H groups in total. The van der Waals surface area contributed by atoms with Crippen LogP contribution in [0.1, 0.15) is 17.7 Å². The van der Waals surface area contributed by atoms with E-state index in [1.54, 1.807) is 24.4 Å². The number of hydrazone groups is 1. The molecule has 0 bridgehead atoms. The minimum atomic E-state index is -2.14. The highest BCUT2D eigenvalue weighted by atomic mass is 16.7. The van der Waals surface area contributed by atoms with E-state index in [4.69, 9.17) is 4.74 Å². The van der Waals surface area contributed by atoms with Gasteiger partial charge in [0, 0.05) is 24.9 Å². The van der Waals surface area contributed by atoms with Crippen LogP contribution in [0.15, 0.2) is 47.7 Å². The number of hydrogen-bond donors (Lipinski definition) is 1. The van der Waals surface area contributed by atoms with Crippen LogP contribution in [0, 0.1) is 20.2 Å². The lowest BCUT2D eigenvalue weighted by molar-refractivity contribution is -0.648. The third kappa shape index (κ3) is 2.94. The Morgan fingerprint density at radius 1 is 1.42 bits per heavy atom. The number of ether oxygens (including phenoxy) is 1. The van der Waals surface area contributed by atoms with E-state index in [1.807, 2.05) is 0 Å². The average Bonchev–Trinajstić information content (AvgIpc) is 3.21. The van der Waals surface area contributed by atoms with Crippen molar-refractivity contribution in [2.24, 2.45) is 12.1 Å². The van der Waals surface area contributed by atoms with Gasteiger partial charge in [-0.05, 0) is 12.1 Å². The molecule has 0 fully saturated rings. The second kappa shape index (κ2) is 6.58. The molecule has 0 spiro atoms. The molecule has 1 unspecified atom stereocenters. The SMILES string of the molecule is Cn1ncc(C=NNc2ccccn2)c1C1([N+](=O)[O-])CC=C([N+](=O)[O-])O1. The Bertz CT molecular complexity index is 908. The molecule has 12 heteroatoms. The molecule has 0 aliphatic carbocycles. The number of pyridine rings is 1. The van der Waals surface area contributed by atoms with E-state index >= 15 is 0 Å². The summed E-state index contributed by atoms with van der Waals surface area (Å²) in [7, 11) is 1.48. The lowest BCUT2D eigenvalue weighted by Gasteiger charge is -2.19. The van der Waals surface area contributed by atoms with Crippen molar-refractivity contribution in [1.29, 1.82) is 0 Å². The topological polar surface area (TPSA) is 151 Å². The van der Waals surface area contributed by atoms with E-state index in [9.17, 15) is 20.2 Å². The van der Waals surface area contributed by atoms with Crippen LogP contribution in [-0.2, 0) is 17.5 Å². The van der Waals surface area contributed by atoms with Gasteiger partial charge < -0.3 is 4.74 Å². The Balaban J connectivity index is 1.91. The predicted octanol–water partition coefficient (Wildman–Crippen LogP) is 1.23. The standard InChI is InChI=1S/C14H13N7O5/c1-19-13(14(21(24)25)6-5-12(26-14)20(22)23)10(9-17-19)8-16-18-11-4-2-3-7-15-11/h2-5,7-9H,6H2,1H3,(H,15,18). The number of anilines is 1. The number of nitrogens with one attached hydrogen (secondary N) is 1. The van der Waals surface area contributed by atoms with Crippen LogP contribution in [0.25, 0.3) is 0 Å². The van der Waals surface area contributed by atoms with Crippen LogP contribution in [0.4, 0.5) is 5.82 Å². The van der Waals surface area contributed by atoms with Crippen LogP contribution in [0.3, 0.4) is 0 Å². The number of aromatic nitrogens is 3. The second-order valence-electron chi connectivity index (χ2n) is 5.30. The maximum absolute atomic E-state index is 11.7. The summed E-state index contributed by atoms with van der Waals surface area (Å²) in [6.45, 7) is 0.